The maximum Gasteiger partial charge on any atom is 0.151 e. The van der Waals surface area contributed by atoms with Gasteiger partial charge >= 0.3 is 0 Å². The fraction of sp³-hybridized carbons (Fsp3) is 0.545. The molecule has 2 N–H and O–H groups in total. The highest BCUT2D eigenvalue weighted by molar-refractivity contribution is 6.30. The molecule has 0 saturated carbocycles. The van der Waals surface area contributed by atoms with Crippen LogP contribution in [0, 0.1) is 5.92 Å². The molecule has 1 fully saturated rings. The van der Waals surface area contributed by atoms with Crippen LogP contribution < -0.4 is 10.6 Å². The standard InChI is InChI=1S/C11H16ClN3O/c1-16-7-8-2-3-15(6-8)11-10(13)4-9(12)5-14-11/h4-5,8H,2-3,6-7,13H2,1H3. The normalized spacial score (nSPS) is 20.4. The maximum absolute atomic E-state index is 5.90. The molecule has 0 spiro atoms. The molecule has 0 aliphatic carbocycles. The van der Waals surface area contributed by atoms with Crippen LogP contribution >= 0.6 is 11.6 Å². The number of pyridine rings is 1. The van der Waals surface area contributed by atoms with Crippen molar-refractivity contribution >= 4 is 23.1 Å². The lowest BCUT2D eigenvalue weighted by Crippen LogP contribution is -2.23. The first kappa shape index (κ1) is 11.5. The first-order valence-corrected chi connectivity index (χ1v) is 5.73. The monoisotopic (exact) mass is 241 g/mol. The van der Waals surface area contributed by atoms with E-state index in [1.54, 1.807) is 19.4 Å². The third kappa shape index (κ3) is 2.39. The van der Waals surface area contributed by atoms with Gasteiger partial charge in [0.25, 0.3) is 0 Å². The van der Waals surface area contributed by atoms with Gasteiger partial charge in [0.1, 0.15) is 0 Å². The number of ether oxygens (including phenoxy) is 1. The van der Waals surface area contributed by atoms with E-state index in [-0.39, 0.29) is 0 Å². The van der Waals surface area contributed by atoms with Crippen molar-refractivity contribution in [3.05, 3.63) is 17.3 Å². The topological polar surface area (TPSA) is 51.4 Å². The highest BCUT2D eigenvalue weighted by Crippen LogP contribution is 2.28. The zero-order valence-electron chi connectivity index (χ0n) is 9.32. The summed E-state index contributed by atoms with van der Waals surface area (Å²) in [5.41, 5.74) is 6.54. The van der Waals surface area contributed by atoms with E-state index in [0.717, 1.165) is 31.9 Å². The van der Waals surface area contributed by atoms with E-state index >= 15 is 0 Å². The van der Waals surface area contributed by atoms with Gasteiger partial charge in [0.15, 0.2) is 5.82 Å². The summed E-state index contributed by atoms with van der Waals surface area (Å²) in [5.74, 6) is 1.41. The van der Waals surface area contributed by atoms with Gasteiger partial charge in [-0.2, -0.15) is 0 Å². The third-order valence-electron chi connectivity index (χ3n) is 2.85. The number of nitrogen functional groups attached to an aromatic ring is 1. The van der Waals surface area contributed by atoms with Gasteiger partial charge in [0.05, 0.1) is 17.3 Å². The molecule has 0 bridgehead atoms. The second-order valence-corrected chi connectivity index (χ2v) is 4.56. The Balaban J connectivity index is 2.08. The number of nitrogens with zero attached hydrogens (tertiary/aromatic N) is 2. The number of rotatable bonds is 3. The largest absolute Gasteiger partial charge is 0.396 e. The zero-order chi connectivity index (χ0) is 11.5. The van der Waals surface area contributed by atoms with Gasteiger partial charge in [-0.25, -0.2) is 4.98 Å². The van der Waals surface area contributed by atoms with Crippen LogP contribution in [-0.4, -0.2) is 31.8 Å². The zero-order valence-corrected chi connectivity index (χ0v) is 10.1. The van der Waals surface area contributed by atoms with Gasteiger partial charge in [-0.1, -0.05) is 11.6 Å². The van der Waals surface area contributed by atoms with Gasteiger partial charge in [0.2, 0.25) is 0 Å². The van der Waals surface area contributed by atoms with Crippen LogP contribution in [0.25, 0.3) is 0 Å². The Kier molecular flexibility index (Phi) is 3.51. The van der Waals surface area contributed by atoms with E-state index in [2.05, 4.69) is 9.88 Å². The Bertz CT molecular complexity index is 372. The summed E-state index contributed by atoms with van der Waals surface area (Å²) >= 11 is 5.82. The van der Waals surface area contributed by atoms with Crippen molar-refractivity contribution < 1.29 is 4.74 Å². The molecule has 88 valence electrons. The summed E-state index contributed by atoms with van der Waals surface area (Å²) in [4.78, 5) is 6.47. The van der Waals surface area contributed by atoms with Crippen molar-refractivity contribution in [3.8, 4) is 0 Å². The molecule has 1 unspecified atom stereocenters. The van der Waals surface area contributed by atoms with Crippen molar-refractivity contribution in [2.75, 3.05) is 37.4 Å². The molecule has 16 heavy (non-hydrogen) atoms. The Morgan fingerprint density at radius 1 is 1.69 bits per heavy atom. The Hall–Kier alpha value is -1.00. The fourth-order valence-corrected chi connectivity index (χ4v) is 2.28. The second-order valence-electron chi connectivity index (χ2n) is 4.12. The molecule has 2 heterocycles. The Morgan fingerprint density at radius 2 is 2.50 bits per heavy atom. The minimum atomic E-state index is 0.571. The van der Waals surface area contributed by atoms with E-state index in [1.807, 2.05) is 0 Å². The van der Waals surface area contributed by atoms with E-state index in [4.69, 9.17) is 22.1 Å². The van der Waals surface area contributed by atoms with Crippen LogP contribution in [0.2, 0.25) is 5.02 Å². The van der Waals surface area contributed by atoms with Crippen LogP contribution in [0.15, 0.2) is 12.3 Å². The predicted octanol–water partition coefficient (Wildman–Crippen LogP) is 1.79. The number of halogens is 1. The van der Waals surface area contributed by atoms with Gasteiger partial charge in [-0.15, -0.1) is 0 Å². The van der Waals surface area contributed by atoms with Crippen molar-refractivity contribution in [2.45, 2.75) is 6.42 Å². The molecule has 1 aromatic heterocycles. The third-order valence-corrected chi connectivity index (χ3v) is 3.06. The molecule has 1 aliphatic heterocycles. The van der Waals surface area contributed by atoms with E-state index in [0.29, 0.717) is 16.6 Å². The molecule has 0 radical (unpaired) electrons. The number of methoxy groups -OCH3 is 1. The lowest BCUT2D eigenvalue weighted by atomic mass is 10.1. The van der Waals surface area contributed by atoms with Gasteiger partial charge in [0, 0.05) is 32.3 Å². The SMILES string of the molecule is COCC1CCN(c2ncc(Cl)cc2N)C1. The van der Waals surface area contributed by atoms with Crippen LogP contribution in [0.3, 0.4) is 0 Å². The second kappa shape index (κ2) is 4.89. The molecule has 0 aromatic carbocycles. The molecule has 1 saturated heterocycles. The van der Waals surface area contributed by atoms with Crippen LogP contribution in [-0.2, 0) is 4.74 Å². The number of hydrogen-bond acceptors (Lipinski definition) is 4. The maximum atomic E-state index is 5.90. The molecule has 1 atom stereocenters. The Morgan fingerprint density at radius 3 is 3.19 bits per heavy atom. The van der Waals surface area contributed by atoms with Crippen molar-refractivity contribution in [1.29, 1.82) is 0 Å². The number of anilines is 2. The average molecular weight is 242 g/mol. The van der Waals surface area contributed by atoms with E-state index in [1.165, 1.54) is 0 Å². The molecule has 4 nitrogen and oxygen atoms in total. The Labute approximate surface area is 100 Å². The average Bonchev–Trinajstić information content (AvgIpc) is 2.67. The number of hydrogen-bond donors (Lipinski definition) is 1. The van der Waals surface area contributed by atoms with Crippen molar-refractivity contribution in [3.63, 3.8) is 0 Å². The predicted molar refractivity (Wildman–Crippen MR) is 65.9 cm³/mol. The van der Waals surface area contributed by atoms with Crippen molar-refractivity contribution in [1.82, 2.24) is 4.98 Å². The highest BCUT2D eigenvalue weighted by Gasteiger charge is 2.24. The fourth-order valence-electron chi connectivity index (χ4n) is 2.11. The lowest BCUT2D eigenvalue weighted by Gasteiger charge is -2.19. The summed E-state index contributed by atoms with van der Waals surface area (Å²) in [5, 5.41) is 0.578. The van der Waals surface area contributed by atoms with Gasteiger partial charge < -0.3 is 15.4 Å². The van der Waals surface area contributed by atoms with Crippen LogP contribution in [0.4, 0.5) is 11.5 Å². The van der Waals surface area contributed by atoms with E-state index < -0.39 is 0 Å². The molecule has 5 heteroatoms. The molecular weight excluding hydrogens is 226 g/mol. The molecule has 1 aromatic rings. The van der Waals surface area contributed by atoms with E-state index in [9.17, 15) is 0 Å². The lowest BCUT2D eigenvalue weighted by molar-refractivity contribution is 0.161. The first-order chi connectivity index (χ1) is 7.70. The number of nitrogens with two attached hydrogens (primary N) is 1. The highest BCUT2D eigenvalue weighted by atomic mass is 35.5. The molecule has 1 aliphatic rings. The summed E-state index contributed by atoms with van der Waals surface area (Å²) in [6, 6.07) is 1.74. The van der Waals surface area contributed by atoms with Crippen LogP contribution in [0.5, 0.6) is 0 Å². The van der Waals surface area contributed by atoms with Gasteiger partial charge in [-0.3, -0.25) is 0 Å². The quantitative estimate of drug-likeness (QED) is 0.877. The molecule has 0 amide bonds. The smallest absolute Gasteiger partial charge is 0.151 e. The summed E-state index contributed by atoms with van der Waals surface area (Å²) in [6.45, 7) is 2.73. The summed E-state index contributed by atoms with van der Waals surface area (Å²) in [7, 11) is 1.73. The summed E-state index contributed by atoms with van der Waals surface area (Å²) in [6.07, 6.45) is 2.76. The van der Waals surface area contributed by atoms with Crippen molar-refractivity contribution in [2.24, 2.45) is 5.92 Å². The minimum Gasteiger partial charge on any atom is -0.396 e. The van der Waals surface area contributed by atoms with Gasteiger partial charge in [-0.05, 0) is 12.5 Å². The molecular formula is C11H16ClN3O. The minimum absolute atomic E-state index is 0.571. The molecule has 2 rings (SSSR count). The first-order valence-electron chi connectivity index (χ1n) is 5.35. The van der Waals surface area contributed by atoms with Crippen LogP contribution in [0.1, 0.15) is 6.42 Å². The summed E-state index contributed by atoms with van der Waals surface area (Å²) < 4.78 is 5.16. The number of aromatic nitrogens is 1.